The van der Waals surface area contributed by atoms with E-state index < -0.39 is 21.7 Å². The van der Waals surface area contributed by atoms with E-state index >= 15 is 0 Å². The molecular formula is C11H19NO4S. The molecule has 6 heteroatoms. The Kier molecular flexibility index (Phi) is 3.45. The highest BCUT2D eigenvalue weighted by molar-refractivity contribution is 7.89. The van der Waals surface area contributed by atoms with E-state index in [0.29, 0.717) is 18.5 Å². The number of sulfonamides is 1. The highest BCUT2D eigenvalue weighted by Crippen LogP contribution is 2.46. The summed E-state index contributed by atoms with van der Waals surface area (Å²) < 4.78 is 24.8. The van der Waals surface area contributed by atoms with Gasteiger partial charge in [0.25, 0.3) is 0 Å². The van der Waals surface area contributed by atoms with Crippen molar-refractivity contribution < 1.29 is 18.3 Å². The second-order valence-corrected chi connectivity index (χ2v) is 7.23. The van der Waals surface area contributed by atoms with Crippen molar-refractivity contribution in [3.05, 3.63) is 0 Å². The zero-order valence-electron chi connectivity index (χ0n) is 9.89. The Balaban J connectivity index is 1.96. The molecular weight excluding hydrogens is 242 g/mol. The van der Waals surface area contributed by atoms with E-state index in [2.05, 4.69) is 0 Å². The fourth-order valence-electron chi connectivity index (χ4n) is 3.11. The Morgan fingerprint density at radius 2 is 1.65 bits per heavy atom. The van der Waals surface area contributed by atoms with Gasteiger partial charge in [0.2, 0.25) is 10.0 Å². The molecule has 0 amide bonds. The standard InChI is InChI=1S/C11H19NO4S/c13-10(14)9-17(15,16)12-7-5-11(6-8-12)3-1-2-4-11/h1-9H2,(H,13,14). The number of carboxylic acids is 1. The van der Waals surface area contributed by atoms with Crippen LogP contribution >= 0.6 is 0 Å². The Hall–Kier alpha value is -0.620. The predicted octanol–water partition coefficient (Wildman–Crippen LogP) is 1.06. The predicted molar refractivity (Wildman–Crippen MR) is 63.1 cm³/mol. The van der Waals surface area contributed by atoms with E-state index in [4.69, 9.17) is 5.11 Å². The van der Waals surface area contributed by atoms with E-state index in [-0.39, 0.29) is 0 Å². The number of piperidine rings is 1. The number of hydrogen-bond acceptors (Lipinski definition) is 3. The Labute approximate surface area is 102 Å². The first-order valence-electron chi connectivity index (χ1n) is 6.13. The smallest absolute Gasteiger partial charge is 0.320 e. The molecule has 2 fully saturated rings. The summed E-state index contributed by atoms with van der Waals surface area (Å²) in [4.78, 5) is 10.5. The first kappa shape index (κ1) is 12.8. The van der Waals surface area contributed by atoms with Crippen molar-refractivity contribution in [3.8, 4) is 0 Å². The third-order valence-corrected chi connectivity index (χ3v) is 5.91. The average Bonchev–Trinajstić information content (AvgIpc) is 2.65. The maximum Gasteiger partial charge on any atom is 0.320 e. The van der Waals surface area contributed by atoms with Gasteiger partial charge in [-0.1, -0.05) is 12.8 Å². The number of aliphatic carboxylic acids is 1. The fraction of sp³-hybridized carbons (Fsp3) is 0.909. The van der Waals surface area contributed by atoms with Gasteiger partial charge in [-0.25, -0.2) is 12.7 Å². The summed E-state index contributed by atoms with van der Waals surface area (Å²) in [5.74, 6) is -2.05. The third-order valence-electron chi connectivity index (χ3n) is 4.15. The molecule has 0 aromatic heterocycles. The molecule has 1 aliphatic carbocycles. The molecule has 1 heterocycles. The molecule has 5 nitrogen and oxygen atoms in total. The zero-order valence-corrected chi connectivity index (χ0v) is 10.7. The minimum atomic E-state index is -3.60. The molecule has 0 atom stereocenters. The summed E-state index contributed by atoms with van der Waals surface area (Å²) in [6.07, 6.45) is 6.71. The number of nitrogens with zero attached hydrogens (tertiary/aromatic N) is 1. The summed E-state index contributed by atoms with van der Waals surface area (Å²) >= 11 is 0. The van der Waals surface area contributed by atoms with Crippen molar-refractivity contribution in [1.82, 2.24) is 4.31 Å². The van der Waals surface area contributed by atoms with Crippen LogP contribution in [-0.4, -0.2) is 42.6 Å². The largest absolute Gasteiger partial charge is 0.480 e. The van der Waals surface area contributed by atoms with Gasteiger partial charge in [0.15, 0.2) is 5.75 Å². The first-order chi connectivity index (χ1) is 7.94. The van der Waals surface area contributed by atoms with Crippen LogP contribution < -0.4 is 0 Å². The van der Waals surface area contributed by atoms with Gasteiger partial charge >= 0.3 is 5.97 Å². The molecule has 0 unspecified atom stereocenters. The molecule has 98 valence electrons. The average molecular weight is 261 g/mol. The molecule has 1 spiro atoms. The van der Waals surface area contributed by atoms with Gasteiger partial charge in [0, 0.05) is 13.1 Å². The van der Waals surface area contributed by atoms with Gasteiger partial charge in [-0.05, 0) is 31.1 Å². The van der Waals surface area contributed by atoms with Gasteiger partial charge in [-0.3, -0.25) is 4.79 Å². The maximum atomic E-state index is 11.7. The normalized spacial score (nSPS) is 25.2. The summed E-state index contributed by atoms with van der Waals surface area (Å²) in [7, 11) is -3.60. The van der Waals surface area contributed by atoms with Crippen molar-refractivity contribution in [2.75, 3.05) is 18.8 Å². The van der Waals surface area contributed by atoms with Gasteiger partial charge in [0.05, 0.1) is 0 Å². The maximum absolute atomic E-state index is 11.7. The van der Waals surface area contributed by atoms with E-state index in [1.807, 2.05) is 0 Å². The number of carbonyl (C=O) groups is 1. The van der Waals surface area contributed by atoms with Crippen molar-refractivity contribution in [3.63, 3.8) is 0 Å². The highest BCUT2D eigenvalue weighted by Gasteiger charge is 2.39. The second-order valence-electron chi connectivity index (χ2n) is 5.26. The fourth-order valence-corrected chi connectivity index (χ4v) is 4.34. The molecule has 0 radical (unpaired) electrons. The van der Waals surface area contributed by atoms with E-state index in [1.54, 1.807) is 0 Å². The molecule has 1 aliphatic heterocycles. The van der Waals surface area contributed by atoms with Crippen molar-refractivity contribution in [1.29, 1.82) is 0 Å². The summed E-state index contributed by atoms with van der Waals surface area (Å²) in [5, 5.41) is 8.58. The Bertz CT molecular complexity index is 388. The quantitative estimate of drug-likeness (QED) is 0.824. The molecule has 17 heavy (non-hydrogen) atoms. The summed E-state index contributed by atoms with van der Waals surface area (Å²) in [6, 6.07) is 0. The summed E-state index contributed by atoms with van der Waals surface area (Å²) in [5.41, 5.74) is 0.356. The Morgan fingerprint density at radius 3 is 2.12 bits per heavy atom. The number of carboxylic acid groups (broad SMARTS) is 1. The van der Waals surface area contributed by atoms with Gasteiger partial charge < -0.3 is 5.11 Å². The SMILES string of the molecule is O=C(O)CS(=O)(=O)N1CCC2(CCCC2)CC1. The molecule has 1 saturated heterocycles. The molecule has 0 aromatic rings. The first-order valence-corrected chi connectivity index (χ1v) is 7.74. The molecule has 0 bridgehead atoms. The van der Waals surface area contributed by atoms with E-state index in [9.17, 15) is 13.2 Å². The van der Waals surface area contributed by atoms with Crippen LogP contribution in [0.25, 0.3) is 0 Å². The van der Waals surface area contributed by atoms with Crippen LogP contribution in [0.3, 0.4) is 0 Å². The molecule has 2 aliphatic rings. The summed E-state index contributed by atoms with van der Waals surface area (Å²) in [6.45, 7) is 0.991. The van der Waals surface area contributed by atoms with Gasteiger partial charge in [-0.15, -0.1) is 0 Å². The lowest BCUT2D eigenvalue weighted by Crippen LogP contribution is -2.44. The zero-order chi connectivity index (χ0) is 12.5. The molecule has 1 N–H and O–H groups in total. The molecule has 1 saturated carbocycles. The van der Waals surface area contributed by atoms with Crippen LogP contribution in [-0.2, 0) is 14.8 Å². The van der Waals surface area contributed by atoms with Gasteiger partial charge in [-0.2, -0.15) is 0 Å². The minimum absolute atomic E-state index is 0.356. The van der Waals surface area contributed by atoms with Crippen LogP contribution in [0.2, 0.25) is 0 Å². The van der Waals surface area contributed by atoms with Crippen molar-refractivity contribution in [2.24, 2.45) is 5.41 Å². The molecule has 2 rings (SSSR count). The van der Waals surface area contributed by atoms with Crippen LogP contribution in [0.5, 0.6) is 0 Å². The monoisotopic (exact) mass is 261 g/mol. The van der Waals surface area contributed by atoms with Crippen LogP contribution in [0.15, 0.2) is 0 Å². The highest BCUT2D eigenvalue weighted by atomic mass is 32.2. The number of hydrogen-bond donors (Lipinski definition) is 1. The Morgan fingerprint density at radius 1 is 1.12 bits per heavy atom. The van der Waals surface area contributed by atoms with Gasteiger partial charge in [0.1, 0.15) is 0 Å². The molecule has 0 aromatic carbocycles. The lowest BCUT2D eigenvalue weighted by atomic mass is 9.78. The van der Waals surface area contributed by atoms with E-state index in [1.165, 1.54) is 30.0 Å². The topological polar surface area (TPSA) is 74.7 Å². The minimum Gasteiger partial charge on any atom is -0.480 e. The number of rotatable bonds is 3. The van der Waals surface area contributed by atoms with Crippen LogP contribution in [0.4, 0.5) is 0 Å². The lowest BCUT2D eigenvalue weighted by Gasteiger charge is -2.38. The van der Waals surface area contributed by atoms with E-state index in [0.717, 1.165) is 12.8 Å². The van der Waals surface area contributed by atoms with Crippen molar-refractivity contribution in [2.45, 2.75) is 38.5 Å². The second kappa shape index (κ2) is 4.57. The lowest BCUT2D eigenvalue weighted by molar-refractivity contribution is -0.134. The third kappa shape index (κ3) is 2.80. The van der Waals surface area contributed by atoms with Crippen LogP contribution in [0, 0.1) is 5.41 Å². The van der Waals surface area contributed by atoms with Crippen molar-refractivity contribution >= 4 is 16.0 Å². The van der Waals surface area contributed by atoms with Crippen LogP contribution in [0.1, 0.15) is 38.5 Å².